The van der Waals surface area contributed by atoms with E-state index >= 15 is 0 Å². The molecule has 0 bridgehead atoms. The van der Waals surface area contributed by atoms with Crippen molar-refractivity contribution in [1.82, 2.24) is 10.6 Å². The molecule has 1 heterocycles. The Kier molecular flexibility index (Phi) is 8.84. The van der Waals surface area contributed by atoms with Crippen LogP contribution in [0.5, 0.6) is 0 Å². The first-order valence-electron chi connectivity index (χ1n) is 10.8. The maximum absolute atomic E-state index is 12.9. The number of carbonyl (C=O) groups excluding carboxylic acids is 3. The topological polar surface area (TPSA) is 84.5 Å². The highest BCUT2D eigenvalue weighted by Gasteiger charge is 2.24. The first-order chi connectivity index (χ1) is 15.9. The minimum atomic E-state index is -0.630. The molecule has 0 saturated carbocycles. The van der Waals surface area contributed by atoms with Crippen molar-refractivity contribution < 1.29 is 19.1 Å². The van der Waals surface area contributed by atoms with Gasteiger partial charge in [-0.05, 0) is 42.2 Å². The van der Waals surface area contributed by atoms with Crippen molar-refractivity contribution in [3.63, 3.8) is 0 Å². The Bertz CT molecular complexity index is 1030. The number of ether oxygens (including phenoxy) is 1. The van der Waals surface area contributed by atoms with Crippen molar-refractivity contribution in [2.75, 3.05) is 6.54 Å². The molecule has 0 aromatic heterocycles. The van der Waals surface area contributed by atoms with E-state index in [0.717, 1.165) is 11.1 Å². The van der Waals surface area contributed by atoms with Gasteiger partial charge in [0, 0.05) is 24.1 Å². The summed E-state index contributed by atoms with van der Waals surface area (Å²) in [6.07, 6.45) is 4.76. The van der Waals surface area contributed by atoms with E-state index in [2.05, 4.69) is 10.6 Å². The second-order valence-electron chi connectivity index (χ2n) is 7.91. The van der Waals surface area contributed by atoms with E-state index in [1.54, 1.807) is 31.2 Å². The minimum Gasteiger partial charge on any atom is -0.452 e. The smallest absolute Gasteiger partial charge is 0.331 e. The van der Waals surface area contributed by atoms with Crippen LogP contribution in [0.15, 0.2) is 78.4 Å². The second kappa shape index (κ2) is 12.0. The van der Waals surface area contributed by atoms with Gasteiger partial charge in [-0.25, -0.2) is 4.79 Å². The molecular weight excluding hydrogens is 440 g/mol. The van der Waals surface area contributed by atoms with Crippen LogP contribution >= 0.6 is 11.6 Å². The van der Waals surface area contributed by atoms with Gasteiger partial charge in [0.2, 0.25) is 11.8 Å². The number of esters is 1. The zero-order chi connectivity index (χ0) is 23.6. The van der Waals surface area contributed by atoms with Crippen molar-refractivity contribution in [3.05, 3.63) is 94.5 Å². The Labute approximate surface area is 198 Å². The van der Waals surface area contributed by atoms with Crippen molar-refractivity contribution in [3.8, 4) is 0 Å². The molecule has 2 atom stereocenters. The van der Waals surface area contributed by atoms with Crippen LogP contribution in [-0.2, 0) is 25.7 Å². The van der Waals surface area contributed by atoms with Gasteiger partial charge in [0.15, 0.2) is 0 Å². The Morgan fingerprint density at radius 3 is 2.58 bits per heavy atom. The van der Waals surface area contributed by atoms with Crippen LogP contribution in [0.25, 0.3) is 0 Å². The standard InChI is InChI=1S/C26H27ClN2O4/c1-18-6-5-9-21(15-24(30)28-16-19-10-12-22(27)13-11-19)26(32)29-17-23(33-25(31)14-18)20-7-3-2-4-8-20/h2-8,10-14,21,23H,9,15-17H2,1H3,(H,28,30)(H,29,32)/b6-5+,18-14-/t21-,23-/m0/s1. The number of rotatable bonds is 5. The van der Waals surface area contributed by atoms with E-state index in [1.165, 1.54) is 6.08 Å². The minimum absolute atomic E-state index is 0.0440. The van der Waals surface area contributed by atoms with Gasteiger partial charge in [0.05, 0.1) is 12.5 Å². The average Bonchev–Trinajstić information content (AvgIpc) is 2.80. The number of halogens is 1. The summed E-state index contributed by atoms with van der Waals surface area (Å²) in [5, 5.41) is 6.34. The lowest BCUT2D eigenvalue weighted by atomic mass is 9.98. The average molecular weight is 467 g/mol. The molecule has 7 heteroatoms. The van der Waals surface area contributed by atoms with E-state index in [9.17, 15) is 14.4 Å². The van der Waals surface area contributed by atoms with Crippen LogP contribution in [0.2, 0.25) is 5.02 Å². The van der Waals surface area contributed by atoms with Crippen LogP contribution in [0.4, 0.5) is 0 Å². The van der Waals surface area contributed by atoms with Gasteiger partial charge in [0.25, 0.3) is 0 Å². The zero-order valence-corrected chi connectivity index (χ0v) is 19.2. The molecule has 172 valence electrons. The molecule has 2 aromatic rings. The summed E-state index contributed by atoms with van der Waals surface area (Å²) in [4.78, 5) is 37.8. The van der Waals surface area contributed by atoms with Crippen LogP contribution in [0.3, 0.4) is 0 Å². The fourth-order valence-electron chi connectivity index (χ4n) is 3.44. The van der Waals surface area contributed by atoms with Gasteiger partial charge in [-0.15, -0.1) is 0 Å². The van der Waals surface area contributed by atoms with Crippen LogP contribution in [-0.4, -0.2) is 24.3 Å². The quantitative estimate of drug-likeness (QED) is 0.644. The van der Waals surface area contributed by atoms with Crippen LogP contribution in [0, 0.1) is 5.92 Å². The lowest BCUT2D eigenvalue weighted by molar-refractivity contribution is -0.144. The fraction of sp³-hybridized carbons (Fsp3) is 0.269. The number of hydrogen-bond donors (Lipinski definition) is 2. The Morgan fingerprint density at radius 1 is 1.12 bits per heavy atom. The Hall–Kier alpha value is -3.38. The van der Waals surface area contributed by atoms with Crippen LogP contribution in [0.1, 0.15) is 37.0 Å². The molecule has 0 aliphatic carbocycles. The third-order valence-electron chi connectivity index (χ3n) is 5.24. The van der Waals surface area contributed by atoms with E-state index in [0.29, 0.717) is 23.6 Å². The molecule has 0 saturated heterocycles. The van der Waals surface area contributed by atoms with Gasteiger partial charge >= 0.3 is 5.97 Å². The lowest BCUT2D eigenvalue weighted by Gasteiger charge is -2.21. The molecule has 0 spiro atoms. The first-order valence-corrected chi connectivity index (χ1v) is 11.2. The number of nitrogens with one attached hydrogen (secondary N) is 2. The van der Waals surface area contributed by atoms with Gasteiger partial charge in [-0.2, -0.15) is 0 Å². The maximum Gasteiger partial charge on any atom is 0.331 e. The predicted octanol–water partition coefficient (Wildman–Crippen LogP) is 4.27. The predicted molar refractivity (Wildman–Crippen MR) is 127 cm³/mol. The van der Waals surface area contributed by atoms with E-state index in [1.807, 2.05) is 42.5 Å². The molecule has 0 unspecified atom stereocenters. The molecule has 33 heavy (non-hydrogen) atoms. The summed E-state index contributed by atoms with van der Waals surface area (Å²) < 4.78 is 5.59. The summed E-state index contributed by atoms with van der Waals surface area (Å²) in [7, 11) is 0. The molecule has 1 aliphatic rings. The Morgan fingerprint density at radius 2 is 1.85 bits per heavy atom. The molecule has 3 rings (SSSR count). The second-order valence-corrected chi connectivity index (χ2v) is 8.35. The number of cyclic esters (lactones) is 1. The van der Waals surface area contributed by atoms with Crippen molar-refractivity contribution in [1.29, 1.82) is 0 Å². The fourth-order valence-corrected chi connectivity index (χ4v) is 3.57. The maximum atomic E-state index is 12.9. The molecule has 0 fully saturated rings. The summed E-state index contributed by atoms with van der Waals surface area (Å²) in [6.45, 7) is 2.26. The highest BCUT2D eigenvalue weighted by atomic mass is 35.5. The van der Waals surface area contributed by atoms with Crippen molar-refractivity contribution in [2.45, 2.75) is 32.4 Å². The molecule has 2 N–H and O–H groups in total. The van der Waals surface area contributed by atoms with Gasteiger partial charge in [-0.3, -0.25) is 9.59 Å². The third-order valence-corrected chi connectivity index (χ3v) is 5.50. The molecular formula is C26H27ClN2O4. The number of carbonyl (C=O) groups is 3. The van der Waals surface area contributed by atoms with Gasteiger partial charge < -0.3 is 15.4 Å². The third kappa shape index (κ3) is 7.91. The highest BCUT2D eigenvalue weighted by molar-refractivity contribution is 6.30. The SMILES string of the molecule is CC1=C/C(=O)O[C@H](c2ccccc2)CNC(=O)[C@H](CC(=O)NCc2ccc(Cl)cc2)C\C=C\1. The van der Waals surface area contributed by atoms with E-state index in [4.69, 9.17) is 16.3 Å². The Balaban J connectivity index is 1.69. The van der Waals surface area contributed by atoms with Crippen molar-refractivity contribution >= 4 is 29.4 Å². The number of benzene rings is 2. The number of amides is 2. The first kappa shape index (κ1) is 24.3. The summed E-state index contributed by atoms with van der Waals surface area (Å²) in [5.41, 5.74) is 2.41. The summed E-state index contributed by atoms with van der Waals surface area (Å²) in [6, 6.07) is 16.5. The normalized spacial score (nSPS) is 21.9. The van der Waals surface area contributed by atoms with Gasteiger partial charge in [0.1, 0.15) is 6.10 Å². The summed E-state index contributed by atoms with van der Waals surface area (Å²) >= 11 is 5.89. The number of hydrogen-bond acceptors (Lipinski definition) is 4. The lowest BCUT2D eigenvalue weighted by Crippen LogP contribution is -2.37. The molecule has 1 aliphatic heterocycles. The van der Waals surface area contributed by atoms with E-state index in [-0.39, 0.29) is 24.8 Å². The molecule has 2 aromatic carbocycles. The zero-order valence-electron chi connectivity index (χ0n) is 18.4. The molecule has 6 nitrogen and oxygen atoms in total. The highest BCUT2D eigenvalue weighted by Crippen LogP contribution is 2.19. The number of allylic oxidation sites excluding steroid dienone is 3. The summed E-state index contributed by atoms with van der Waals surface area (Å²) in [5.74, 6) is -1.51. The monoisotopic (exact) mass is 466 g/mol. The molecule has 2 amide bonds. The van der Waals surface area contributed by atoms with E-state index < -0.39 is 18.0 Å². The van der Waals surface area contributed by atoms with Crippen LogP contribution < -0.4 is 10.6 Å². The largest absolute Gasteiger partial charge is 0.452 e. The van der Waals surface area contributed by atoms with Gasteiger partial charge in [-0.1, -0.05) is 66.2 Å². The van der Waals surface area contributed by atoms with Crippen molar-refractivity contribution in [2.24, 2.45) is 5.92 Å². The molecule has 0 radical (unpaired) electrons.